The summed E-state index contributed by atoms with van der Waals surface area (Å²) >= 11 is 5.70. The molecule has 0 spiro atoms. The molecule has 0 amide bonds. The molecule has 0 aliphatic rings. The summed E-state index contributed by atoms with van der Waals surface area (Å²) in [6.07, 6.45) is 0.263. The third kappa shape index (κ3) is 3.31. The van der Waals surface area contributed by atoms with Gasteiger partial charge in [0.2, 0.25) is 0 Å². The second-order valence-electron chi connectivity index (χ2n) is 4.71. The second kappa shape index (κ2) is 5.27. The highest BCUT2D eigenvalue weighted by Gasteiger charge is 2.23. The van der Waals surface area contributed by atoms with Crippen molar-refractivity contribution in [1.29, 1.82) is 0 Å². The molecule has 4 heteroatoms. The Labute approximate surface area is 115 Å². The Kier molecular flexibility index (Phi) is 3.88. The Morgan fingerprint density at radius 3 is 2.32 bits per heavy atom. The van der Waals surface area contributed by atoms with Gasteiger partial charge in [0.1, 0.15) is 11.6 Å². The number of aliphatic hydroxyl groups is 1. The molecule has 0 fully saturated rings. The molecule has 1 nitrogen and oxygen atoms in total. The summed E-state index contributed by atoms with van der Waals surface area (Å²) in [5.74, 6) is -0.851. The molecule has 19 heavy (non-hydrogen) atoms. The van der Waals surface area contributed by atoms with E-state index in [1.165, 1.54) is 36.4 Å². The van der Waals surface area contributed by atoms with E-state index < -0.39 is 11.4 Å². The number of hydrogen-bond acceptors (Lipinski definition) is 1. The van der Waals surface area contributed by atoms with E-state index in [0.717, 1.165) is 0 Å². The lowest BCUT2D eigenvalue weighted by atomic mass is 9.89. The average molecular weight is 283 g/mol. The predicted molar refractivity (Wildman–Crippen MR) is 71.1 cm³/mol. The van der Waals surface area contributed by atoms with Crippen LogP contribution in [0.2, 0.25) is 5.02 Å². The van der Waals surface area contributed by atoms with Gasteiger partial charge in [0, 0.05) is 6.42 Å². The predicted octanol–water partition coefficient (Wildman–Crippen LogP) is 4.07. The molecule has 0 saturated carbocycles. The van der Waals surface area contributed by atoms with Gasteiger partial charge in [0.05, 0.1) is 10.6 Å². The van der Waals surface area contributed by atoms with Gasteiger partial charge in [-0.05, 0) is 42.3 Å². The van der Waals surface area contributed by atoms with Crippen molar-refractivity contribution < 1.29 is 13.9 Å². The minimum Gasteiger partial charge on any atom is -0.385 e. The van der Waals surface area contributed by atoms with Gasteiger partial charge >= 0.3 is 0 Å². The first kappa shape index (κ1) is 14.0. The summed E-state index contributed by atoms with van der Waals surface area (Å²) in [6.45, 7) is 1.62. The topological polar surface area (TPSA) is 20.2 Å². The molecular formula is C15H13ClF2O. The normalized spacial score (nSPS) is 14.2. The van der Waals surface area contributed by atoms with Crippen LogP contribution in [-0.4, -0.2) is 5.11 Å². The highest BCUT2D eigenvalue weighted by Crippen LogP contribution is 2.27. The van der Waals surface area contributed by atoms with Gasteiger partial charge in [-0.3, -0.25) is 0 Å². The first-order valence-electron chi connectivity index (χ1n) is 5.81. The first-order chi connectivity index (χ1) is 8.88. The lowest BCUT2D eigenvalue weighted by Gasteiger charge is -2.24. The van der Waals surface area contributed by atoms with Crippen molar-refractivity contribution in [1.82, 2.24) is 0 Å². The van der Waals surface area contributed by atoms with Gasteiger partial charge in [-0.25, -0.2) is 8.78 Å². The van der Waals surface area contributed by atoms with Gasteiger partial charge in [-0.1, -0.05) is 29.8 Å². The van der Waals surface area contributed by atoms with Crippen molar-refractivity contribution in [3.63, 3.8) is 0 Å². The fraction of sp³-hybridized carbons (Fsp3) is 0.200. The molecule has 1 unspecified atom stereocenters. The van der Waals surface area contributed by atoms with E-state index >= 15 is 0 Å². The summed E-state index contributed by atoms with van der Waals surface area (Å²) < 4.78 is 25.9. The van der Waals surface area contributed by atoms with Crippen molar-refractivity contribution in [3.8, 4) is 0 Å². The summed E-state index contributed by atoms with van der Waals surface area (Å²) in [7, 11) is 0. The van der Waals surface area contributed by atoms with Crippen LogP contribution in [0.5, 0.6) is 0 Å². The van der Waals surface area contributed by atoms with Crippen molar-refractivity contribution in [2.24, 2.45) is 0 Å². The Morgan fingerprint density at radius 1 is 1.11 bits per heavy atom. The van der Waals surface area contributed by atoms with Crippen LogP contribution in [0, 0.1) is 11.6 Å². The minimum absolute atomic E-state index is 0.0207. The lowest BCUT2D eigenvalue weighted by Crippen LogP contribution is -2.24. The Hall–Kier alpha value is -1.45. The van der Waals surface area contributed by atoms with Crippen molar-refractivity contribution in [3.05, 3.63) is 70.2 Å². The maximum absolute atomic E-state index is 13.1. The van der Waals surface area contributed by atoms with E-state index in [1.807, 2.05) is 0 Å². The zero-order chi connectivity index (χ0) is 14.0. The third-order valence-electron chi connectivity index (χ3n) is 3.00. The molecule has 2 aromatic rings. The van der Waals surface area contributed by atoms with Crippen molar-refractivity contribution in [2.45, 2.75) is 18.9 Å². The minimum atomic E-state index is -1.17. The van der Waals surface area contributed by atoms with Crippen LogP contribution in [0.1, 0.15) is 18.1 Å². The molecule has 0 radical (unpaired) electrons. The quantitative estimate of drug-likeness (QED) is 0.900. The van der Waals surface area contributed by atoms with Gasteiger partial charge < -0.3 is 5.11 Å². The Balaban J connectivity index is 2.25. The zero-order valence-electron chi connectivity index (χ0n) is 10.3. The second-order valence-corrected chi connectivity index (χ2v) is 5.11. The van der Waals surface area contributed by atoms with Crippen molar-refractivity contribution in [2.75, 3.05) is 0 Å². The van der Waals surface area contributed by atoms with E-state index in [-0.39, 0.29) is 17.3 Å². The van der Waals surface area contributed by atoms with E-state index in [4.69, 9.17) is 11.6 Å². The molecule has 2 aromatic carbocycles. The molecule has 0 bridgehead atoms. The van der Waals surface area contributed by atoms with E-state index in [0.29, 0.717) is 11.1 Å². The van der Waals surface area contributed by atoms with Crippen LogP contribution in [0.4, 0.5) is 8.78 Å². The Bertz CT molecular complexity index is 579. The van der Waals surface area contributed by atoms with E-state index in [2.05, 4.69) is 0 Å². The molecule has 0 aliphatic carbocycles. The maximum Gasteiger partial charge on any atom is 0.141 e. The van der Waals surface area contributed by atoms with Crippen LogP contribution in [0.15, 0.2) is 42.5 Å². The largest absolute Gasteiger partial charge is 0.385 e. The highest BCUT2D eigenvalue weighted by molar-refractivity contribution is 6.30. The third-order valence-corrected chi connectivity index (χ3v) is 3.29. The van der Waals surface area contributed by atoms with Gasteiger partial charge in [0.15, 0.2) is 0 Å². The fourth-order valence-corrected chi connectivity index (χ4v) is 2.16. The molecule has 0 heterocycles. The molecule has 0 aromatic heterocycles. The Morgan fingerprint density at radius 2 is 1.74 bits per heavy atom. The summed E-state index contributed by atoms with van der Waals surface area (Å²) in [6, 6.07) is 9.95. The molecule has 2 rings (SSSR count). The molecule has 1 atom stereocenters. The van der Waals surface area contributed by atoms with Crippen LogP contribution in [0.25, 0.3) is 0 Å². The molecule has 0 aliphatic heterocycles. The SMILES string of the molecule is CC(O)(Cc1ccc(F)c(Cl)c1)c1ccc(F)cc1. The monoisotopic (exact) mass is 282 g/mol. The number of rotatable bonds is 3. The number of benzene rings is 2. The molecule has 100 valence electrons. The fourth-order valence-electron chi connectivity index (χ4n) is 1.96. The van der Waals surface area contributed by atoms with Gasteiger partial charge in [0.25, 0.3) is 0 Å². The molecular weight excluding hydrogens is 270 g/mol. The standard InChI is InChI=1S/C15H13ClF2O/c1-15(19,11-3-5-12(17)6-4-11)9-10-2-7-14(18)13(16)8-10/h2-8,19H,9H2,1H3. The number of hydrogen-bond donors (Lipinski definition) is 1. The van der Waals surface area contributed by atoms with Gasteiger partial charge in [-0.15, -0.1) is 0 Å². The molecule has 0 saturated heterocycles. The smallest absolute Gasteiger partial charge is 0.141 e. The first-order valence-corrected chi connectivity index (χ1v) is 6.19. The highest BCUT2D eigenvalue weighted by atomic mass is 35.5. The maximum atomic E-state index is 13.1. The van der Waals surface area contributed by atoms with E-state index in [9.17, 15) is 13.9 Å². The number of halogens is 3. The van der Waals surface area contributed by atoms with E-state index in [1.54, 1.807) is 13.0 Å². The summed E-state index contributed by atoms with van der Waals surface area (Å²) in [4.78, 5) is 0. The zero-order valence-corrected chi connectivity index (χ0v) is 11.1. The van der Waals surface area contributed by atoms with Crippen LogP contribution in [0.3, 0.4) is 0 Å². The summed E-state index contributed by atoms with van der Waals surface area (Å²) in [5, 5.41) is 10.5. The van der Waals surface area contributed by atoms with Gasteiger partial charge in [-0.2, -0.15) is 0 Å². The van der Waals surface area contributed by atoms with Crippen LogP contribution >= 0.6 is 11.6 Å². The summed E-state index contributed by atoms with van der Waals surface area (Å²) in [5.41, 5.74) is 0.129. The van der Waals surface area contributed by atoms with Crippen LogP contribution < -0.4 is 0 Å². The van der Waals surface area contributed by atoms with Crippen LogP contribution in [-0.2, 0) is 12.0 Å². The average Bonchev–Trinajstić information content (AvgIpc) is 2.34. The molecule has 1 N–H and O–H groups in total. The lowest BCUT2D eigenvalue weighted by molar-refractivity contribution is 0.0575. The van der Waals surface area contributed by atoms with Crippen molar-refractivity contribution >= 4 is 11.6 Å².